The smallest absolute Gasteiger partial charge is 0.394 e. The maximum atomic E-state index is 5.66. The van der Waals surface area contributed by atoms with Gasteiger partial charge >= 0.3 is 6.08 Å². The van der Waals surface area contributed by atoms with Gasteiger partial charge in [-0.25, -0.2) is 0 Å². The highest BCUT2D eigenvalue weighted by atomic mass is 16.6. The first-order valence-corrected chi connectivity index (χ1v) is 6.16. The molecule has 0 aliphatic carbocycles. The third kappa shape index (κ3) is 4.02. The summed E-state index contributed by atoms with van der Waals surface area (Å²) in [7, 11) is 0. The fourth-order valence-corrected chi connectivity index (χ4v) is 1.67. The van der Waals surface area contributed by atoms with E-state index in [0.717, 1.165) is 31.7 Å². The van der Waals surface area contributed by atoms with E-state index in [-0.39, 0.29) is 6.10 Å². The second-order valence-electron chi connectivity index (χ2n) is 4.57. The summed E-state index contributed by atoms with van der Waals surface area (Å²) in [5.74, 6) is 0. The van der Waals surface area contributed by atoms with Crippen molar-refractivity contribution in [3.05, 3.63) is 12.0 Å². The maximum absolute atomic E-state index is 5.66. The normalized spacial score (nSPS) is 17.6. The molecular formula is C12H20N2O3. The Balaban J connectivity index is 1.80. The monoisotopic (exact) mass is 240 g/mol. The van der Waals surface area contributed by atoms with E-state index in [1.165, 1.54) is 0 Å². The molecule has 2 heterocycles. The summed E-state index contributed by atoms with van der Waals surface area (Å²) >= 11 is 0. The van der Waals surface area contributed by atoms with Gasteiger partial charge < -0.3 is 19.2 Å². The molecule has 96 valence electrons. The van der Waals surface area contributed by atoms with E-state index in [1.54, 1.807) is 6.26 Å². The summed E-state index contributed by atoms with van der Waals surface area (Å²) in [6, 6.07) is 0.437. The summed E-state index contributed by atoms with van der Waals surface area (Å²) in [6.07, 6.45) is 4.00. The highest BCUT2D eigenvalue weighted by Gasteiger charge is 2.17. The van der Waals surface area contributed by atoms with Crippen molar-refractivity contribution in [1.29, 1.82) is 0 Å². The number of nitrogens with one attached hydrogen (secondary N) is 1. The lowest BCUT2D eigenvalue weighted by molar-refractivity contribution is 0.0133. The van der Waals surface area contributed by atoms with Crippen molar-refractivity contribution in [2.45, 2.75) is 45.4 Å². The first-order chi connectivity index (χ1) is 8.24. The largest absolute Gasteiger partial charge is 0.447 e. The molecular weight excluding hydrogens is 220 g/mol. The first-order valence-electron chi connectivity index (χ1n) is 6.16. The lowest BCUT2D eigenvalue weighted by Crippen LogP contribution is -2.26. The van der Waals surface area contributed by atoms with Crippen LogP contribution in [-0.4, -0.2) is 30.3 Å². The summed E-state index contributed by atoms with van der Waals surface area (Å²) in [5.41, 5.74) is 0.876. The predicted octanol–water partition coefficient (Wildman–Crippen LogP) is 1.73. The predicted molar refractivity (Wildman–Crippen MR) is 62.9 cm³/mol. The van der Waals surface area contributed by atoms with Crippen molar-refractivity contribution in [1.82, 2.24) is 10.3 Å². The van der Waals surface area contributed by atoms with Gasteiger partial charge in [0.05, 0.1) is 18.9 Å². The highest BCUT2D eigenvalue weighted by molar-refractivity contribution is 5.00. The van der Waals surface area contributed by atoms with Crippen LogP contribution in [0.2, 0.25) is 0 Å². The van der Waals surface area contributed by atoms with E-state index in [4.69, 9.17) is 13.9 Å². The maximum Gasteiger partial charge on any atom is 0.394 e. The van der Waals surface area contributed by atoms with Crippen LogP contribution in [0.5, 0.6) is 6.08 Å². The van der Waals surface area contributed by atoms with Crippen LogP contribution in [-0.2, 0) is 11.3 Å². The van der Waals surface area contributed by atoms with E-state index >= 15 is 0 Å². The Labute approximate surface area is 102 Å². The van der Waals surface area contributed by atoms with Crippen LogP contribution in [0.4, 0.5) is 0 Å². The van der Waals surface area contributed by atoms with Crippen molar-refractivity contribution >= 4 is 0 Å². The molecule has 1 saturated heterocycles. The lowest BCUT2D eigenvalue weighted by atomic mass is 10.2. The number of ether oxygens (including phenoxy) is 2. The minimum Gasteiger partial charge on any atom is -0.447 e. The molecule has 1 aliphatic rings. The van der Waals surface area contributed by atoms with Crippen molar-refractivity contribution in [3.63, 3.8) is 0 Å². The number of nitrogens with zero attached hydrogens (tertiary/aromatic N) is 1. The molecule has 1 aromatic rings. The first kappa shape index (κ1) is 12.4. The fraction of sp³-hybridized carbons (Fsp3) is 0.750. The number of rotatable bonds is 5. The van der Waals surface area contributed by atoms with Gasteiger partial charge in [-0.05, 0) is 0 Å². The molecule has 1 aromatic heterocycles. The second-order valence-corrected chi connectivity index (χ2v) is 4.57. The second kappa shape index (κ2) is 6.02. The lowest BCUT2D eigenvalue weighted by Gasteiger charge is -2.20. The van der Waals surface area contributed by atoms with Gasteiger partial charge in [-0.3, -0.25) is 0 Å². The SMILES string of the molecule is CC(C)NCc1coc(OC2CCOCC2)n1. The van der Waals surface area contributed by atoms with Crippen molar-refractivity contribution in [2.24, 2.45) is 0 Å². The number of hydrogen-bond donors (Lipinski definition) is 1. The zero-order chi connectivity index (χ0) is 12.1. The number of oxazole rings is 1. The van der Waals surface area contributed by atoms with E-state index in [9.17, 15) is 0 Å². The Morgan fingerprint density at radius 1 is 1.47 bits per heavy atom. The van der Waals surface area contributed by atoms with E-state index in [2.05, 4.69) is 24.1 Å². The van der Waals surface area contributed by atoms with Gasteiger partial charge in [0, 0.05) is 25.4 Å². The molecule has 0 saturated carbocycles. The van der Waals surface area contributed by atoms with Crippen LogP contribution in [0, 0.1) is 0 Å². The van der Waals surface area contributed by atoms with Crippen LogP contribution in [0.3, 0.4) is 0 Å². The molecule has 5 nitrogen and oxygen atoms in total. The zero-order valence-electron chi connectivity index (χ0n) is 10.4. The minimum absolute atomic E-state index is 0.174. The third-order valence-electron chi connectivity index (χ3n) is 2.66. The fourth-order valence-electron chi connectivity index (χ4n) is 1.67. The molecule has 17 heavy (non-hydrogen) atoms. The molecule has 0 spiro atoms. The van der Waals surface area contributed by atoms with Crippen LogP contribution < -0.4 is 10.1 Å². The molecule has 0 atom stereocenters. The van der Waals surface area contributed by atoms with E-state index < -0.39 is 0 Å². The zero-order valence-corrected chi connectivity index (χ0v) is 10.4. The average molecular weight is 240 g/mol. The molecule has 0 bridgehead atoms. The van der Waals surface area contributed by atoms with Crippen molar-refractivity contribution < 1.29 is 13.9 Å². The molecule has 5 heteroatoms. The van der Waals surface area contributed by atoms with Crippen LogP contribution in [0.1, 0.15) is 32.4 Å². The Bertz CT molecular complexity index is 332. The number of hydrogen-bond acceptors (Lipinski definition) is 5. The van der Waals surface area contributed by atoms with Gasteiger partial charge in [-0.1, -0.05) is 13.8 Å². The topological polar surface area (TPSA) is 56.5 Å². The average Bonchev–Trinajstić information content (AvgIpc) is 2.75. The van der Waals surface area contributed by atoms with Crippen molar-refractivity contribution in [2.75, 3.05) is 13.2 Å². The van der Waals surface area contributed by atoms with Crippen LogP contribution in [0.15, 0.2) is 10.7 Å². The van der Waals surface area contributed by atoms with E-state index in [1.807, 2.05) is 0 Å². The molecule has 0 unspecified atom stereocenters. The molecule has 0 amide bonds. The summed E-state index contributed by atoms with van der Waals surface area (Å²) in [5, 5.41) is 3.28. The molecule has 2 rings (SSSR count). The van der Waals surface area contributed by atoms with Gasteiger partial charge in [-0.15, -0.1) is 0 Å². The van der Waals surface area contributed by atoms with Gasteiger partial charge in [0.2, 0.25) is 0 Å². The van der Waals surface area contributed by atoms with Gasteiger partial charge in [0.15, 0.2) is 0 Å². The Hall–Kier alpha value is -1.07. The molecule has 1 fully saturated rings. The van der Waals surface area contributed by atoms with Gasteiger partial charge in [0.1, 0.15) is 12.4 Å². The minimum atomic E-state index is 0.174. The molecule has 0 radical (unpaired) electrons. The third-order valence-corrected chi connectivity index (χ3v) is 2.66. The van der Waals surface area contributed by atoms with Crippen LogP contribution >= 0.6 is 0 Å². The van der Waals surface area contributed by atoms with Crippen molar-refractivity contribution in [3.8, 4) is 6.08 Å². The molecule has 1 aliphatic heterocycles. The van der Waals surface area contributed by atoms with Crippen LogP contribution in [0.25, 0.3) is 0 Å². The summed E-state index contributed by atoms with van der Waals surface area (Å²) < 4.78 is 16.2. The highest BCUT2D eigenvalue weighted by Crippen LogP contribution is 2.17. The summed E-state index contributed by atoms with van der Waals surface area (Å²) in [4.78, 5) is 4.28. The van der Waals surface area contributed by atoms with Gasteiger partial charge in [-0.2, -0.15) is 4.98 Å². The van der Waals surface area contributed by atoms with Gasteiger partial charge in [0.25, 0.3) is 0 Å². The summed E-state index contributed by atoms with van der Waals surface area (Å²) in [6.45, 7) is 6.41. The molecule has 1 N–H and O–H groups in total. The Morgan fingerprint density at radius 3 is 2.94 bits per heavy atom. The van der Waals surface area contributed by atoms with E-state index in [0.29, 0.717) is 18.7 Å². The Kier molecular flexibility index (Phi) is 4.39. The standard InChI is InChI=1S/C12H20N2O3/c1-9(2)13-7-10-8-16-12(14-10)17-11-3-5-15-6-4-11/h8-9,11,13H,3-7H2,1-2H3. The Morgan fingerprint density at radius 2 is 2.24 bits per heavy atom. The quantitative estimate of drug-likeness (QED) is 0.849. The number of aromatic nitrogens is 1. The molecule has 0 aromatic carbocycles.